The fourth-order valence-corrected chi connectivity index (χ4v) is 2.81. The SMILES string of the molecule is Cc1cccc(NC(=O)CCC(=O)OCC(=O)Nc2ccc(Br)cc2C)c1. The highest BCUT2D eigenvalue weighted by Crippen LogP contribution is 2.19. The number of nitrogens with one attached hydrogen (secondary N) is 2. The number of hydrogen-bond acceptors (Lipinski definition) is 4. The molecule has 2 aromatic carbocycles. The van der Waals surface area contributed by atoms with E-state index in [1.807, 2.05) is 44.2 Å². The predicted octanol–water partition coefficient (Wildman–Crippen LogP) is 3.97. The third-order valence-electron chi connectivity index (χ3n) is 3.68. The van der Waals surface area contributed by atoms with Crippen LogP contribution in [-0.4, -0.2) is 24.4 Å². The first-order chi connectivity index (χ1) is 12.8. The van der Waals surface area contributed by atoms with E-state index < -0.39 is 18.5 Å². The number of anilines is 2. The van der Waals surface area contributed by atoms with Gasteiger partial charge < -0.3 is 15.4 Å². The standard InChI is InChI=1S/C20H21BrN2O4/c1-13-4-3-5-16(10-13)22-18(24)8-9-20(26)27-12-19(25)23-17-7-6-15(21)11-14(17)2/h3-7,10-11H,8-9,12H2,1-2H3,(H,22,24)(H,23,25). The van der Waals surface area contributed by atoms with Crippen LogP contribution in [0.3, 0.4) is 0 Å². The summed E-state index contributed by atoms with van der Waals surface area (Å²) in [6.45, 7) is 3.39. The summed E-state index contributed by atoms with van der Waals surface area (Å²) >= 11 is 3.35. The van der Waals surface area contributed by atoms with E-state index in [-0.39, 0.29) is 18.7 Å². The molecule has 0 aromatic heterocycles. The molecule has 2 N–H and O–H groups in total. The van der Waals surface area contributed by atoms with Crippen molar-refractivity contribution in [1.82, 2.24) is 0 Å². The third-order valence-corrected chi connectivity index (χ3v) is 4.18. The number of aryl methyl sites for hydroxylation is 2. The normalized spacial score (nSPS) is 10.2. The van der Waals surface area contributed by atoms with Gasteiger partial charge in [0.1, 0.15) is 0 Å². The third kappa shape index (κ3) is 7.22. The zero-order valence-corrected chi connectivity index (χ0v) is 16.8. The summed E-state index contributed by atoms with van der Waals surface area (Å²) in [5, 5.41) is 5.40. The molecule has 0 radical (unpaired) electrons. The molecule has 0 saturated carbocycles. The highest BCUT2D eigenvalue weighted by molar-refractivity contribution is 9.10. The molecule has 0 saturated heterocycles. The van der Waals surface area contributed by atoms with Gasteiger partial charge in [0.2, 0.25) is 5.91 Å². The van der Waals surface area contributed by atoms with Crippen LogP contribution in [0.25, 0.3) is 0 Å². The summed E-state index contributed by atoms with van der Waals surface area (Å²) in [5.41, 5.74) is 3.24. The average molecular weight is 433 g/mol. The lowest BCUT2D eigenvalue weighted by molar-refractivity contribution is -0.147. The molecule has 0 aliphatic heterocycles. The Bertz CT molecular complexity index is 852. The number of benzene rings is 2. The summed E-state index contributed by atoms with van der Waals surface area (Å²) in [6.07, 6.45) is -0.109. The number of carbonyl (C=O) groups excluding carboxylic acids is 3. The van der Waals surface area contributed by atoms with Crippen LogP contribution in [0.4, 0.5) is 11.4 Å². The van der Waals surface area contributed by atoms with Gasteiger partial charge in [0.15, 0.2) is 6.61 Å². The van der Waals surface area contributed by atoms with Crippen molar-refractivity contribution < 1.29 is 19.1 Å². The molecule has 6 nitrogen and oxygen atoms in total. The molecular weight excluding hydrogens is 412 g/mol. The predicted molar refractivity (Wildman–Crippen MR) is 108 cm³/mol. The van der Waals surface area contributed by atoms with Crippen LogP contribution < -0.4 is 10.6 Å². The highest BCUT2D eigenvalue weighted by Gasteiger charge is 2.11. The van der Waals surface area contributed by atoms with E-state index >= 15 is 0 Å². The maximum Gasteiger partial charge on any atom is 0.306 e. The second kappa shape index (κ2) is 9.87. The van der Waals surface area contributed by atoms with Gasteiger partial charge in [0, 0.05) is 22.3 Å². The number of carbonyl (C=O) groups is 3. The highest BCUT2D eigenvalue weighted by atomic mass is 79.9. The molecule has 0 aliphatic rings. The zero-order valence-electron chi connectivity index (χ0n) is 15.2. The topological polar surface area (TPSA) is 84.5 Å². The Morgan fingerprint density at radius 1 is 0.963 bits per heavy atom. The lowest BCUT2D eigenvalue weighted by Crippen LogP contribution is -2.22. The van der Waals surface area contributed by atoms with Crippen molar-refractivity contribution >= 4 is 45.1 Å². The van der Waals surface area contributed by atoms with E-state index in [2.05, 4.69) is 26.6 Å². The van der Waals surface area contributed by atoms with Gasteiger partial charge in [-0.2, -0.15) is 0 Å². The van der Waals surface area contributed by atoms with E-state index in [9.17, 15) is 14.4 Å². The van der Waals surface area contributed by atoms with Crippen LogP contribution in [0.1, 0.15) is 24.0 Å². The summed E-state index contributed by atoms with van der Waals surface area (Å²) in [7, 11) is 0. The quantitative estimate of drug-likeness (QED) is 0.648. The molecule has 142 valence electrons. The molecule has 2 amide bonds. The minimum atomic E-state index is -0.600. The van der Waals surface area contributed by atoms with Gasteiger partial charge in [-0.1, -0.05) is 28.1 Å². The van der Waals surface area contributed by atoms with Crippen molar-refractivity contribution in [3.8, 4) is 0 Å². The first-order valence-electron chi connectivity index (χ1n) is 8.41. The van der Waals surface area contributed by atoms with E-state index in [1.54, 1.807) is 12.1 Å². The largest absolute Gasteiger partial charge is 0.456 e. The maximum absolute atomic E-state index is 11.9. The molecule has 0 unspecified atom stereocenters. The monoisotopic (exact) mass is 432 g/mol. The maximum atomic E-state index is 11.9. The Kier molecular flexibility index (Phi) is 7.55. The van der Waals surface area contributed by atoms with Crippen LogP contribution in [-0.2, 0) is 19.1 Å². The fraction of sp³-hybridized carbons (Fsp3) is 0.250. The lowest BCUT2D eigenvalue weighted by Gasteiger charge is -2.09. The van der Waals surface area contributed by atoms with Crippen molar-refractivity contribution in [3.05, 3.63) is 58.1 Å². The summed E-state index contributed by atoms with van der Waals surface area (Å²) in [6, 6.07) is 12.8. The average Bonchev–Trinajstić information content (AvgIpc) is 2.60. The fourth-order valence-electron chi connectivity index (χ4n) is 2.33. The molecule has 7 heteroatoms. The lowest BCUT2D eigenvalue weighted by atomic mass is 10.2. The van der Waals surface area contributed by atoms with Crippen molar-refractivity contribution in [2.24, 2.45) is 0 Å². The Hall–Kier alpha value is -2.67. The smallest absolute Gasteiger partial charge is 0.306 e. The number of amides is 2. The molecule has 0 heterocycles. The van der Waals surface area contributed by atoms with Crippen molar-refractivity contribution in [3.63, 3.8) is 0 Å². The van der Waals surface area contributed by atoms with Crippen molar-refractivity contribution in [2.45, 2.75) is 26.7 Å². The first kappa shape index (κ1) is 20.6. The second-order valence-corrected chi connectivity index (χ2v) is 7.00. The van der Waals surface area contributed by atoms with Crippen molar-refractivity contribution in [1.29, 1.82) is 0 Å². The van der Waals surface area contributed by atoms with Crippen LogP contribution in [0, 0.1) is 13.8 Å². The molecular formula is C20H21BrN2O4. The summed E-state index contributed by atoms with van der Waals surface area (Å²) < 4.78 is 5.83. The van der Waals surface area contributed by atoms with E-state index in [1.165, 1.54) is 0 Å². The second-order valence-electron chi connectivity index (χ2n) is 6.09. The molecule has 0 atom stereocenters. The molecule has 2 aromatic rings. The first-order valence-corrected chi connectivity index (χ1v) is 9.21. The number of ether oxygens (including phenoxy) is 1. The minimum Gasteiger partial charge on any atom is -0.456 e. The van der Waals surface area contributed by atoms with Crippen LogP contribution in [0.5, 0.6) is 0 Å². The molecule has 0 bridgehead atoms. The Balaban J connectivity index is 1.70. The number of esters is 1. The molecule has 2 rings (SSSR count). The van der Waals surface area contributed by atoms with Gasteiger partial charge >= 0.3 is 5.97 Å². The molecule has 0 spiro atoms. The molecule has 0 fully saturated rings. The number of rotatable bonds is 7. The van der Waals surface area contributed by atoms with Gasteiger partial charge in [-0.05, 0) is 55.3 Å². The van der Waals surface area contributed by atoms with Crippen LogP contribution in [0.2, 0.25) is 0 Å². The van der Waals surface area contributed by atoms with Gasteiger partial charge in [-0.3, -0.25) is 14.4 Å². The van der Waals surface area contributed by atoms with Crippen LogP contribution >= 0.6 is 15.9 Å². The Labute approximate surface area is 166 Å². The minimum absolute atomic E-state index is 0.0137. The van der Waals surface area contributed by atoms with Gasteiger partial charge in [-0.15, -0.1) is 0 Å². The van der Waals surface area contributed by atoms with Gasteiger partial charge in [-0.25, -0.2) is 0 Å². The Morgan fingerprint density at radius 2 is 1.74 bits per heavy atom. The van der Waals surface area contributed by atoms with E-state index in [4.69, 9.17) is 4.74 Å². The number of hydrogen-bond donors (Lipinski definition) is 2. The van der Waals surface area contributed by atoms with Gasteiger partial charge in [0.25, 0.3) is 5.91 Å². The zero-order chi connectivity index (χ0) is 19.8. The molecule has 0 aliphatic carbocycles. The molecule has 27 heavy (non-hydrogen) atoms. The van der Waals surface area contributed by atoms with E-state index in [0.717, 1.165) is 15.6 Å². The van der Waals surface area contributed by atoms with Gasteiger partial charge in [0.05, 0.1) is 6.42 Å². The Morgan fingerprint density at radius 3 is 2.44 bits per heavy atom. The number of halogens is 1. The van der Waals surface area contributed by atoms with Crippen molar-refractivity contribution in [2.75, 3.05) is 17.2 Å². The van der Waals surface area contributed by atoms with Crippen LogP contribution in [0.15, 0.2) is 46.9 Å². The summed E-state index contributed by atoms with van der Waals surface area (Å²) in [5.74, 6) is -1.32. The van der Waals surface area contributed by atoms with E-state index in [0.29, 0.717) is 11.4 Å². The summed E-state index contributed by atoms with van der Waals surface area (Å²) in [4.78, 5) is 35.5.